The zero-order valence-corrected chi connectivity index (χ0v) is 14.7. The molecule has 0 saturated carbocycles. The van der Waals surface area contributed by atoms with Crippen LogP contribution in [0.15, 0.2) is 54.6 Å². The third-order valence-electron chi connectivity index (χ3n) is 3.91. The first-order valence-corrected chi connectivity index (χ1v) is 8.58. The summed E-state index contributed by atoms with van der Waals surface area (Å²) in [5.41, 5.74) is 1.81. The lowest BCUT2D eigenvalue weighted by Crippen LogP contribution is -2.00. The second-order valence-electron chi connectivity index (χ2n) is 5.83. The van der Waals surface area contributed by atoms with Crippen molar-refractivity contribution >= 4 is 10.9 Å². The van der Waals surface area contributed by atoms with E-state index in [2.05, 4.69) is 11.9 Å². The highest BCUT2D eigenvalue weighted by Gasteiger charge is 2.03. The van der Waals surface area contributed by atoms with Crippen molar-refractivity contribution in [2.24, 2.45) is 0 Å². The summed E-state index contributed by atoms with van der Waals surface area (Å²) >= 11 is 0. The molecule has 0 fully saturated rings. The Bertz CT molecular complexity index is 832. The van der Waals surface area contributed by atoms with Gasteiger partial charge < -0.3 is 14.2 Å². The van der Waals surface area contributed by atoms with Crippen LogP contribution in [0.5, 0.6) is 17.2 Å². The van der Waals surface area contributed by atoms with Crippen molar-refractivity contribution in [1.29, 1.82) is 0 Å². The molecular weight excluding hydrogens is 314 g/mol. The van der Waals surface area contributed by atoms with Gasteiger partial charge in [0.25, 0.3) is 0 Å². The second kappa shape index (κ2) is 8.38. The van der Waals surface area contributed by atoms with E-state index in [-0.39, 0.29) is 0 Å². The number of rotatable bonds is 8. The number of methoxy groups -OCH3 is 1. The number of hydrogen-bond acceptors (Lipinski definition) is 4. The number of benzene rings is 2. The largest absolute Gasteiger partial charge is 0.497 e. The van der Waals surface area contributed by atoms with Crippen LogP contribution in [-0.2, 0) is 6.61 Å². The van der Waals surface area contributed by atoms with Gasteiger partial charge in [0.15, 0.2) is 0 Å². The molecule has 1 heterocycles. The van der Waals surface area contributed by atoms with E-state index in [1.54, 1.807) is 7.11 Å². The van der Waals surface area contributed by atoms with Crippen LogP contribution < -0.4 is 14.2 Å². The molecule has 0 unspecified atom stereocenters. The summed E-state index contributed by atoms with van der Waals surface area (Å²) < 4.78 is 16.8. The van der Waals surface area contributed by atoms with Crippen LogP contribution in [0.25, 0.3) is 10.9 Å². The van der Waals surface area contributed by atoms with E-state index < -0.39 is 0 Å². The molecule has 3 rings (SSSR count). The standard InChI is InChI=1S/C21H23NO3/c1-3-4-12-24-19-6-5-7-20(14-19)25-15-17-9-8-16-13-18(23-2)10-11-21(16)22-17/h5-11,13-14H,3-4,12,15H2,1-2H3. The fourth-order valence-corrected chi connectivity index (χ4v) is 2.50. The fourth-order valence-electron chi connectivity index (χ4n) is 2.50. The number of pyridine rings is 1. The van der Waals surface area contributed by atoms with Gasteiger partial charge in [-0.2, -0.15) is 0 Å². The normalized spacial score (nSPS) is 10.6. The van der Waals surface area contributed by atoms with Crippen molar-refractivity contribution in [2.75, 3.05) is 13.7 Å². The van der Waals surface area contributed by atoms with Crippen LogP contribution in [0, 0.1) is 0 Å². The zero-order valence-electron chi connectivity index (χ0n) is 14.7. The Hall–Kier alpha value is -2.75. The highest BCUT2D eigenvalue weighted by atomic mass is 16.5. The van der Waals surface area contributed by atoms with Crippen molar-refractivity contribution < 1.29 is 14.2 Å². The molecular formula is C21H23NO3. The van der Waals surface area contributed by atoms with Crippen LogP contribution in [0.3, 0.4) is 0 Å². The van der Waals surface area contributed by atoms with Crippen molar-refractivity contribution in [2.45, 2.75) is 26.4 Å². The second-order valence-corrected chi connectivity index (χ2v) is 5.83. The SMILES string of the molecule is CCCCOc1cccc(OCc2ccc3cc(OC)ccc3n2)c1. The first-order chi connectivity index (χ1) is 12.3. The van der Waals surface area contributed by atoms with Crippen molar-refractivity contribution in [3.05, 3.63) is 60.3 Å². The molecule has 0 saturated heterocycles. The number of ether oxygens (including phenoxy) is 3. The van der Waals surface area contributed by atoms with E-state index in [0.717, 1.165) is 53.3 Å². The zero-order chi connectivity index (χ0) is 17.5. The van der Waals surface area contributed by atoms with Gasteiger partial charge in [0.1, 0.15) is 23.9 Å². The molecule has 130 valence electrons. The van der Waals surface area contributed by atoms with Crippen molar-refractivity contribution in [3.63, 3.8) is 0 Å². The number of unbranched alkanes of at least 4 members (excludes halogenated alkanes) is 1. The van der Waals surface area contributed by atoms with Gasteiger partial charge in [-0.05, 0) is 42.8 Å². The Balaban J connectivity index is 1.65. The van der Waals surface area contributed by atoms with Crippen molar-refractivity contribution in [1.82, 2.24) is 4.98 Å². The van der Waals surface area contributed by atoms with E-state index in [1.807, 2.05) is 54.6 Å². The van der Waals surface area contributed by atoms with Crippen LogP contribution in [0.1, 0.15) is 25.5 Å². The van der Waals surface area contributed by atoms with Gasteiger partial charge in [-0.3, -0.25) is 0 Å². The predicted molar refractivity (Wildman–Crippen MR) is 99.5 cm³/mol. The first-order valence-electron chi connectivity index (χ1n) is 8.58. The molecule has 2 aromatic carbocycles. The summed E-state index contributed by atoms with van der Waals surface area (Å²) in [5.74, 6) is 2.45. The van der Waals surface area contributed by atoms with E-state index in [9.17, 15) is 0 Å². The lowest BCUT2D eigenvalue weighted by atomic mass is 10.2. The molecule has 0 amide bonds. The molecule has 0 aliphatic rings. The maximum absolute atomic E-state index is 5.87. The van der Waals surface area contributed by atoms with Crippen LogP contribution >= 0.6 is 0 Å². The third-order valence-corrected chi connectivity index (χ3v) is 3.91. The van der Waals surface area contributed by atoms with Gasteiger partial charge in [0.05, 0.1) is 24.9 Å². The molecule has 25 heavy (non-hydrogen) atoms. The predicted octanol–water partition coefficient (Wildman–Crippen LogP) is 5.00. The van der Waals surface area contributed by atoms with E-state index >= 15 is 0 Å². The summed E-state index contributed by atoms with van der Waals surface area (Å²) in [5, 5.41) is 1.05. The summed E-state index contributed by atoms with van der Waals surface area (Å²) in [6.45, 7) is 3.30. The number of hydrogen-bond donors (Lipinski definition) is 0. The molecule has 0 aliphatic carbocycles. The quantitative estimate of drug-likeness (QED) is 0.542. The van der Waals surface area contributed by atoms with E-state index in [4.69, 9.17) is 14.2 Å². The van der Waals surface area contributed by atoms with Gasteiger partial charge in [0.2, 0.25) is 0 Å². The summed E-state index contributed by atoms with van der Waals surface area (Å²) in [6, 6.07) is 17.6. The molecule has 0 N–H and O–H groups in total. The minimum absolute atomic E-state index is 0.417. The number of aromatic nitrogens is 1. The molecule has 0 spiro atoms. The highest BCUT2D eigenvalue weighted by molar-refractivity contribution is 5.80. The topological polar surface area (TPSA) is 40.6 Å². The van der Waals surface area contributed by atoms with Crippen LogP contribution in [0.2, 0.25) is 0 Å². The minimum atomic E-state index is 0.417. The smallest absolute Gasteiger partial charge is 0.130 e. The molecule has 4 nitrogen and oxygen atoms in total. The maximum atomic E-state index is 5.87. The van der Waals surface area contributed by atoms with Gasteiger partial charge in [-0.15, -0.1) is 0 Å². The summed E-state index contributed by atoms with van der Waals surface area (Å²) in [6.07, 6.45) is 2.17. The number of fused-ring (bicyclic) bond motifs is 1. The molecule has 3 aromatic rings. The first kappa shape index (κ1) is 17.1. The summed E-state index contributed by atoms with van der Waals surface area (Å²) in [7, 11) is 1.66. The van der Waals surface area contributed by atoms with Crippen LogP contribution in [-0.4, -0.2) is 18.7 Å². The molecule has 4 heteroatoms. The maximum Gasteiger partial charge on any atom is 0.130 e. The average Bonchev–Trinajstić information content (AvgIpc) is 2.66. The van der Waals surface area contributed by atoms with Crippen molar-refractivity contribution in [3.8, 4) is 17.2 Å². The Labute approximate surface area is 148 Å². The van der Waals surface area contributed by atoms with Crippen LogP contribution in [0.4, 0.5) is 0 Å². The molecule has 0 bridgehead atoms. The fraction of sp³-hybridized carbons (Fsp3) is 0.286. The lowest BCUT2D eigenvalue weighted by molar-refractivity contribution is 0.289. The van der Waals surface area contributed by atoms with Gasteiger partial charge in [0, 0.05) is 11.5 Å². The number of nitrogens with zero attached hydrogens (tertiary/aromatic N) is 1. The van der Waals surface area contributed by atoms with Gasteiger partial charge in [-0.25, -0.2) is 4.98 Å². The minimum Gasteiger partial charge on any atom is -0.497 e. The Morgan fingerprint density at radius 1 is 0.880 bits per heavy atom. The summed E-state index contributed by atoms with van der Waals surface area (Å²) in [4.78, 5) is 4.64. The molecule has 0 aliphatic heterocycles. The van der Waals surface area contributed by atoms with E-state index in [1.165, 1.54) is 0 Å². The molecule has 0 radical (unpaired) electrons. The highest BCUT2D eigenvalue weighted by Crippen LogP contribution is 2.22. The monoisotopic (exact) mass is 337 g/mol. The van der Waals surface area contributed by atoms with Gasteiger partial charge in [-0.1, -0.05) is 25.5 Å². The average molecular weight is 337 g/mol. The Morgan fingerprint density at radius 2 is 1.72 bits per heavy atom. The Morgan fingerprint density at radius 3 is 2.52 bits per heavy atom. The lowest BCUT2D eigenvalue weighted by Gasteiger charge is -2.10. The van der Waals surface area contributed by atoms with E-state index in [0.29, 0.717) is 6.61 Å². The molecule has 0 atom stereocenters. The molecule has 1 aromatic heterocycles. The Kier molecular flexibility index (Phi) is 5.73. The third kappa shape index (κ3) is 4.63. The van der Waals surface area contributed by atoms with Gasteiger partial charge >= 0.3 is 0 Å².